The number of nitrogens with one attached hydrogen (secondary N) is 3. The van der Waals surface area contributed by atoms with Crippen molar-refractivity contribution < 1.29 is 19.1 Å². The van der Waals surface area contributed by atoms with E-state index in [0.29, 0.717) is 17.0 Å². The van der Waals surface area contributed by atoms with Crippen LogP contribution in [0.3, 0.4) is 0 Å². The predicted octanol–water partition coefficient (Wildman–Crippen LogP) is 6.59. The molecule has 1 unspecified atom stereocenters. The molecule has 6 rings (SSSR count). The van der Waals surface area contributed by atoms with Gasteiger partial charge >= 0.3 is 6.03 Å². The number of hydrogen-bond acceptors (Lipinski definition) is 5. The second kappa shape index (κ2) is 11.3. The Kier molecular flexibility index (Phi) is 7.27. The number of nitrogens with zero attached hydrogens (tertiary/aromatic N) is 1. The van der Waals surface area contributed by atoms with Crippen LogP contribution >= 0.6 is 0 Å². The summed E-state index contributed by atoms with van der Waals surface area (Å²) in [6.07, 6.45) is 6.46. The lowest BCUT2D eigenvalue weighted by Gasteiger charge is -2.27. The number of rotatable bonds is 6. The Labute approximate surface area is 244 Å². The summed E-state index contributed by atoms with van der Waals surface area (Å²) in [6, 6.07) is 22.1. The Morgan fingerprint density at radius 2 is 1.83 bits per heavy atom. The number of imide groups is 1. The Morgan fingerprint density at radius 1 is 1.05 bits per heavy atom. The highest BCUT2D eigenvalue weighted by Gasteiger charge is 2.31. The highest BCUT2D eigenvalue weighted by Crippen LogP contribution is 2.37. The smallest absolute Gasteiger partial charge is 0.326 e. The van der Waals surface area contributed by atoms with Crippen LogP contribution < -0.4 is 20.3 Å². The van der Waals surface area contributed by atoms with E-state index in [2.05, 4.69) is 64.7 Å². The molecule has 8 heteroatoms. The first-order valence-corrected chi connectivity index (χ1v) is 13.9. The summed E-state index contributed by atoms with van der Waals surface area (Å²) in [6.45, 7) is 5.02. The third kappa shape index (κ3) is 5.26. The van der Waals surface area contributed by atoms with Crippen LogP contribution in [0.1, 0.15) is 32.9 Å². The summed E-state index contributed by atoms with van der Waals surface area (Å²) in [5, 5.41) is 5.17. The molecule has 1 atom stereocenters. The molecule has 0 radical (unpaired) electrons. The second-order valence-corrected chi connectivity index (χ2v) is 10.4. The zero-order valence-corrected chi connectivity index (χ0v) is 23.7. The van der Waals surface area contributed by atoms with Crippen molar-refractivity contribution in [2.24, 2.45) is 0 Å². The van der Waals surface area contributed by atoms with Crippen LogP contribution in [-0.4, -0.2) is 36.8 Å². The van der Waals surface area contributed by atoms with Crippen molar-refractivity contribution in [2.75, 3.05) is 23.9 Å². The summed E-state index contributed by atoms with van der Waals surface area (Å²) in [5.41, 5.74) is 9.90. The van der Waals surface area contributed by atoms with Gasteiger partial charge < -0.3 is 24.7 Å². The number of methoxy groups -OCH3 is 1. The average Bonchev–Trinajstić information content (AvgIpc) is 3.70. The number of amides is 3. The number of hydrogen-bond donors (Lipinski definition) is 3. The van der Waals surface area contributed by atoms with Gasteiger partial charge in [0.25, 0.3) is 5.91 Å². The highest BCUT2D eigenvalue weighted by molar-refractivity contribution is 6.08. The summed E-state index contributed by atoms with van der Waals surface area (Å²) < 4.78 is 11.2. The molecule has 212 valence electrons. The van der Waals surface area contributed by atoms with Gasteiger partial charge in [-0.25, -0.2) is 4.79 Å². The normalized spacial score (nSPS) is 16.3. The molecule has 2 aliphatic heterocycles. The molecule has 42 heavy (non-hydrogen) atoms. The molecule has 0 saturated heterocycles. The van der Waals surface area contributed by atoms with Crippen molar-refractivity contribution in [1.82, 2.24) is 10.3 Å². The molecule has 8 nitrogen and oxygen atoms in total. The lowest BCUT2D eigenvalue weighted by atomic mass is 10.0. The van der Waals surface area contributed by atoms with Crippen LogP contribution in [0.2, 0.25) is 0 Å². The van der Waals surface area contributed by atoms with Crippen molar-refractivity contribution in [2.45, 2.75) is 26.5 Å². The summed E-state index contributed by atoms with van der Waals surface area (Å²) in [5.74, 6) is 0.136. The van der Waals surface area contributed by atoms with Crippen molar-refractivity contribution >= 4 is 29.4 Å². The van der Waals surface area contributed by atoms with E-state index in [0.717, 1.165) is 35.6 Å². The Bertz CT molecular complexity index is 1700. The number of benzene rings is 3. The van der Waals surface area contributed by atoms with Gasteiger partial charge in [-0.15, -0.1) is 0 Å². The van der Waals surface area contributed by atoms with Gasteiger partial charge in [-0.3, -0.25) is 10.1 Å². The fourth-order valence-electron chi connectivity index (χ4n) is 5.65. The molecular weight excluding hydrogens is 528 g/mol. The maximum absolute atomic E-state index is 12.6. The minimum atomic E-state index is -0.605. The topological polar surface area (TPSA) is 95.7 Å². The van der Waals surface area contributed by atoms with E-state index in [1.807, 2.05) is 30.3 Å². The number of aryl methyl sites for hydroxylation is 1. The SMILES string of the molecule is COc1ccc(C(=O)NC(=O)Nc2ccc3c(c2)N(C2OC=CC2=Cc2[nH]c(C)c(-c4ccccc4)c2C)CC3)cc1. The second-order valence-electron chi connectivity index (χ2n) is 10.4. The van der Waals surface area contributed by atoms with Gasteiger partial charge in [-0.2, -0.15) is 0 Å². The summed E-state index contributed by atoms with van der Waals surface area (Å²) in [4.78, 5) is 30.9. The van der Waals surface area contributed by atoms with Crippen molar-refractivity contribution in [3.05, 3.63) is 119 Å². The first-order chi connectivity index (χ1) is 20.4. The fourth-order valence-corrected chi connectivity index (χ4v) is 5.65. The number of fused-ring (bicyclic) bond motifs is 1. The molecule has 3 amide bonds. The predicted molar refractivity (Wildman–Crippen MR) is 165 cm³/mol. The van der Waals surface area contributed by atoms with Gasteiger partial charge in [0.05, 0.1) is 13.4 Å². The van der Waals surface area contributed by atoms with E-state index in [1.54, 1.807) is 37.6 Å². The van der Waals surface area contributed by atoms with Crippen LogP contribution in [0.5, 0.6) is 5.75 Å². The van der Waals surface area contributed by atoms with Crippen molar-refractivity contribution in [3.8, 4) is 16.9 Å². The molecule has 3 heterocycles. The van der Waals surface area contributed by atoms with Crippen molar-refractivity contribution in [3.63, 3.8) is 0 Å². The number of anilines is 2. The van der Waals surface area contributed by atoms with Crippen molar-refractivity contribution in [1.29, 1.82) is 0 Å². The third-order valence-corrected chi connectivity index (χ3v) is 7.74. The molecule has 0 bridgehead atoms. The van der Waals surface area contributed by atoms with Gasteiger partial charge in [-0.05, 0) is 85.5 Å². The minimum absolute atomic E-state index is 0.296. The zero-order chi connectivity index (χ0) is 29.2. The zero-order valence-electron chi connectivity index (χ0n) is 23.7. The van der Waals surface area contributed by atoms with E-state index in [4.69, 9.17) is 9.47 Å². The van der Waals surface area contributed by atoms with E-state index in [9.17, 15) is 9.59 Å². The molecule has 1 aromatic heterocycles. The number of ether oxygens (including phenoxy) is 2. The number of aromatic nitrogens is 1. The molecule has 0 fully saturated rings. The summed E-state index contributed by atoms with van der Waals surface area (Å²) >= 11 is 0. The van der Waals surface area contributed by atoms with Crippen LogP contribution in [0, 0.1) is 13.8 Å². The van der Waals surface area contributed by atoms with Gasteiger partial charge in [0.15, 0.2) is 6.23 Å². The molecule has 4 aromatic rings. The van der Waals surface area contributed by atoms with Crippen LogP contribution in [0.15, 0.2) is 90.7 Å². The molecule has 0 aliphatic carbocycles. The van der Waals surface area contributed by atoms with Crippen LogP contribution in [0.4, 0.5) is 16.2 Å². The number of H-pyrrole nitrogens is 1. The first-order valence-electron chi connectivity index (χ1n) is 13.9. The van der Waals surface area contributed by atoms with Gasteiger partial charge in [-0.1, -0.05) is 36.4 Å². The first kappa shape index (κ1) is 27.0. The average molecular weight is 561 g/mol. The Hall–Kier alpha value is -5.24. The van der Waals surface area contributed by atoms with E-state index >= 15 is 0 Å². The Balaban J connectivity index is 1.18. The van der Waals surface area contributed by atoms with Gasteiger partial charge in [0.1, 0.15) is 5.75 Å². The monoisotopic (exact) mass is 560 g/mol. The Morgan fingerprint density at radius 3 is 2.60 bits per heavy atom. The molecular formula is C34H32N4O4. The number of carbonyl (C=O) groups excluding carboxylic acids is 2. The third-order valence-electron chi connectivity index (χ3n) is 7.74. The molecule has 3 N–H and O–H groups in total. The number of urea groups is 1. The highest BCUT2D eigenvalue weighted by atomic mass is 16.5. The largest absolute Gasteiger partial charge is 0.497 e. The summed E-state index contributed by atoms with van der Waals surface area (Å²) in [7, 11) is 1.55. The van der Waals surface area contributed by atoms with Crippen LogP contribution in [0.25, 0.3) is 17.2 Å². The minimum Gasteiger partial charge on any atom is -0.497 e. The van der Waals surface area contributed by atoms with Crippen LogP contribution in [-0.2, 0) is 11.2 Å². The van der Waals surface area contributed by atoms with Gasteiger partial charge in [0, 0.05) is 46.0 Å². The maximum atomic E-state index is 12.6. The molecule has 0 saturated carbocycles. The fraction of sp³-hybridized carbons (Fsp3) is 0.176. The maximum Gasteiger partial charge on any atom is 0.326 e. The van der Waals surface area contributed by atoms with Gasteiger partial charge in [0.2, 0.25) is 0 Å². The van der Waals surface area contributed by atoms with E-state index in [1.165, 1.54) is 22.3 Å². The lowest BCUT2D eigenvalue weighted by molar-refractivity contribution is 0.0967. The number of carbonyl (C=O) groups is 2. The molecule has 0 spiro atoms. The molecule has 2 aliphatic rings. The lowest BCUT2D eigenvalue weighted by Crippen LogP contribution is -2.35. The standard InChI is InChI=1S/C34H32N4O4/c1-21-29(35-22(2)31(21)24-7-5-4-6-8-24)19-26-16-18-42-33(26)38-17-15-23-9-12-27(20-30(23)38)36-34(40)37-32(39)25-10-13-28(41-3)14-11-25/h4-14,16,18-20,33,35H,15,17H2,1-3H3,(H2,36,37,39,40). The van der Waals surface area contributed by atoms with E-state index in [-0.39, 0.29) is 6.23 Å². The van der Waals surface area contributed by atoms with E-state index < -0.39 is 11.9 Å². The number of aromatic amines is 1. The quantitative estimate of drug-likeness (QED) is 0.247. The molecule has 3 aromatic carbocycles.